The van der Waals surface area contributed by atoms with Crippen molar-refractivity contribution in [2.45, 2.75) is 19.0 Å². The number of allylic oxidation sites excluding steroid dienone is 1. The summed E-state index contributed by atoms with van der Waals surface area (Å²) < 4.78 is 35.6. The van der Waals surface area contributed by atoms with Crippen LogP contribution in [0.5, 0.6) is 0 Å². The molecule has 13 heavy (non-hydrogen) atoms. The van der Waals surface area contributed by atoms with E-state index in [1.54, 1.807) is 0 Å². The van der Waals surface area contributed by atoms with E-state index in [9.17, 15) is 18.0 Å². The molecule has 74 valence electrons. The second-order valence-corrected chi connectivity index (χ2v) is 3.36. The number of carbonyl (C=O) groups is 1. The molecule has 0 aromatic rings. The second-order valence-electron chi connectivity index (χ2n) is 2.95. The molecule has 0 aliphatic heterocycles. The maximum atomic E-state index is 11.9. The molecule has 0 amide bonds. The van der Waals surface area contributed by atoms with Gasteiger partial charge in [-0.1, -0.05) is 11.6 Å². The summed E-state index contributed by atoms with van der Waals surface area (Å²) in [6.45, 7) is 0. The van der Waals surface area contributed by atoms with Crippen LogP contribution in [0.2, 0.25) is 0 Å². The van der Waals surface area contributed by atoms with E-state index < -0.39 is 22.6 Å². The number of hydrogen-bond acceptors (Lipinski definition) is 1. The third-order valence-electron chi connectivity index (χ3n) is 1.89. The Morgan fingerprint density at radius 3 is 2.15 bits per heavy atom. The summed E-state index contributed by atoms with van der Waals surface area (Å²) in [7, 11) is 0. The van der Waals surface area contributed by atoms with Crippen molar-refractivity contribution in [2.24, 2.45) is 5.41 Å². The minimum absolute atomic E-state index is 0.217. The van der Waals surface area contributed by atoms with Crippen LogP contribution in [0.3, 0.4) is 0 Å². The number of alkyl halides is 3. The standard InChI is InChI=1S/C7H6ClF3O2/c8-4(7(9,10)11)3-6(1-2-6)5(12)13/h3H,1-2H2,(H,12,13). The first-order valence-electron chi connectivity index (χ1n) is 3.47. The van der Waals surface area contributed by atoms with Gasteiger partial charge in [0.2, 0.25) is 0 Å². The van der Waals surface area contributed by atoms with Crippen molar-refractivity contribution >= 4 is 17.6 Å². The van der Waals surface area contributed by atoms with Crippen LogP contribution >= 0.6 is 11.6 Å². The molecule has 1 rings (SSSR count). The van der Waals surface area contributed by atoms with Crippen molar-refractivity contribution in [3.8, 4) is 0 Å². The molecule has 1 saturated carbocycles. The zero-order chi connectivity index (χ0) is 10.3. The SMILES string of the molecule is O=C(O)C1(C=C(Cl)C(F)(F)F)CC1. The van der Waals surface area contributed by atoms with E-state index >= 15 is 0 Å². The van der Waals surface area contributed by atoms with Gasteiger partial charge < -0.3 is 5.11 Å². The van der Waals surface area contributed by atoms with Gasteiger partial charge in [0.1, 0.15) is 5.03 Å². The highest BCUT2D eigenvalue weighted by Gasteiger charge is 2.50. The molecule has 0 saturated heterocycles. The molecule has 1 aliphatic rings. The van der Waals surface area contributed by atoms with Crippen molar-refractivity contribution < 1.29 is 23.1 Å². The molecule has 6 heteroatoms. The van der Waals surface area contributed by atoms with Crippen LogP contribution in [0.4, 0.5) is 13.2 Å². The lowest BCUT2D eigenvalue weighted by atomic mass is 10.1. The smallest absolute Gasteiger partial charge is 0.426 e. The molecule has 0 radical (unpaired) electrons. The second kappa shape index (κ2) is 2.90. The minimum Gasteiger partial charge on any atom is -0.481 e. The van der Waals surface area contributed by atoms with E-state index in [0.717, 1.165) is 0 Å². The lowest BCUT2D eigenvalue weighted by Crippen LogP contribution is -2.15. The highest BCUT2D eigenvalue weighted by atomic mass is 35.5. The summed E-state index contributed by atoms with van der Waals surface area (Å²) in [6, 6.07) is 0. The first-order valence-corrected chi connectivity index (χ1v) is 3.85. The van der Waals surface area contributed by atoms with E-state index in [1.807, 2.05) is 0 Å². The van der Waals surface area contributed by atoms with Crippen LogP contribution in [0.25, 0.3) is 0 Å². The highest BCUT2D eigenvalue weighted by Crippen LogP contribution is 2.49. The van der Waals surface area contributed by atoms with E-state index in [0.29, 0.717) is 6.08 Å². The van der Waals surface area contributed by atoms with Crippen molar-refractivity contribution in [3.05, 3.63) is 11.1 Å². The molecule has 0 heterocycles. The average molecular weight is 215 g/mol. The zero-order valence-electron chi connectivity index (χ0n) is 6.36. The summed E-state index contributed by atoms with van der Waals surface area (Å²) in [5.74, 6) is -1.25. The maximum Gasteiger partial charge on any atom is 0.426 e. The predicted octanol–water partition coefficient (Wildman–Crippen LogP) is 2.54. The van der Waals surface area contributed by atoms with Crippen LogP contribution in [-0.4, -0.2) is 17.3 Å². The first-order chi connectivity index (χ1) is 5.78. The van der Waals surface area contributed by atoms with Crippen molar-refractivity contribution in [1.82, 2.24) is 0 Å². The molecule has 0 spiro atoms. The number of carboxylic acids is 1. The van der Waals surface area contributed by atoms with Gasteiger partial charge in [0.15, 0.2) is 0 Å². The Morgan fingerprint density at radius 2 is 1.92 bits per heavy atom. The van der Waals surface area contributed by atoms with Gasteiger partial charge in [-0.3, -0.25) is 4.79 Å². The normalized spacial score (nSPS) is 21.4. The van der Waals surface area contributed by atoms with Gasteiger partial charge in [-0.15, -0.1) is 0 Å². The van der Waals surface area contributed by atoms with Crippen LogP contribution in [-0.2, 0) is 4.79 Å². The number of halogens is 4. The fraction of sp³-hybridized carbons (Fsp3) is 0.571. The van der Waals surface area contributed by atoms with Gasteiger partial charge in [-0.05, 0) is 18.9 Å². The van der Waals surface area contributed by atoms with Gasteiger partial charge >= 0.3 is 12.1 Å². The molecule has 1 fully saturated rings. The van der Waals surface area contributed by atoms with Crippen molar-refractivity contribution in [1.29, 1.82) is 0 Å². The van der Waals surface area contributed by atoms with E-state index in [1.165, 1.54) is 0 Å². The van der Waals surface area contributed by atoms with E-state index in [4.69, 9.17) is 16.7 Å². The average Bonchev–Trinajstić information content (AvgIpc) is 2.66. The lowest BCUT2D eigenvalue weighted by molar-refractivity contribution is -0.141. The predicted molar refractivity (Wildman–Crippen MR) is 39.3 cm³/mol. The van der Waals surface area contributed by atoms with Crippen LogP contribution in [0.1, 0.15) is 12.8 Å². The Kier molecular flexibility index (Phi) is 2.32. The molecular weight excluding hydrogens is 209 g/mol. The molecule has 0 aromatic heterocycles. The van der Waals surface area contributed by atoms with Crippen LogP contribution in [0, 0.1) is 5.41 Å². The lowest BCUT2D eigenvalue weighted by Gasteiger charge is -2.07. The zero-order valence-corrected chi connectivity index (χ0v) is 7.11. The molecule has 1 N–H and O–H groups in total. The van der Waals surface area contributed by atoms with Crippen molar-refractivity contribution in [3.63, 3.8) is 0 Å². The van der Waals surface area contributed by atoms with Gasteiger partial charge in [0.25, 0.3) is 0 Å². The number of hydrogen-bond donors (Lipinski definition) is 1. The monoisotopic (exact) mass is 214 g/mol. The summed E-state index contributed by atoms with van der Waals surface area (Å²) in [6.07, 6.45) is -3.63. The third-order valence-corrected chi connectivity index (χ3v) is 2.21. The van der Waals surface area contributed by atoms with E-state index in [-0.39, 0.29) is 12.8 Å². The largest absolute Gasteiger partial charge is 0.481 e. The fourth-order valence-electron chi connectivity index (χ4n) is 0.879. The fourth-order valence-corrected chi connectivity index (χ4v) is 1.09. The summed E-state index contributed by atoms with van der Waals surface area (Å²) in [5.41, 5.74) is -1.37. The molecule has 0 atom stereocenters. The Labute approximate surface area is 77.0 Å². The summed E-state index contributed by atoms with van der Waals surface area (Å²) in [5, 5.41) is 7.19. The van der Waals surface area contributed by atoms with Gasteiger partial charge in [-0.2, -0.15) is 13.2 Å². The number of aliphatic carboxylic acids is 1. The molecule has 0 aromatic carbocycles. The molecular formula is C7H6ClF3O2. The first kappa shape index (κ1) is 10.4. The number of rotatable bonds is 2. The quantitative estimate of drug-likeness (QED) is 0.767. The van der Waals surface area contributed by atoms with Crippen LogP contribution in [0.15, 0.2) is 11.1 Å². The van der Waals surface area contributed by atoms with Gasteiger partial charge in [-0.25, -0.2) is 0 Å². The maximum absolute atomic E-state index is 11.9. The molecule has 0 bridgehead atoms. The van der Waals surface area contributed by atoms with Gasteiger partial charge in [0.05, 0.1) is 5.41 Å². The number of carboxylic acid groups (broad SMARTS) is 1. The van der Waals surface area contributed by atoms with Gasteiger partial charge in [0, 0.05) is 0 Å². The Balaban J connectivity index is 2.83. The third kappa shape index (κ3) is 2.15. The van der Waals surface area contributed by atoms with Crippen molar-refractivity contribution in [2.75, 3.05) is 0 Å². The topological polar surface area (TPSA) is 37.3 Å². The Morgan fingerprint density at radius 1 is 1.46 bits per heavy atom. The van der Waals surface area contributed by atoms with E-state index in [2.05, 4.69) is 0 Å². The molecule has 2 nitrogen and oxygen atoms in total. The minimum atomic E-state index is -4.65. The Hall–Kier alpha value is -0.710. The molecule has 0 unspecified atom stereocenters. The summed E-state index contributed by atoms with van der Waals surface area (Å²) >= 11 is 4.90. The molecule has 1 aliphatic carbocycles. The van der Waals surface area contributed by atoms with Crippen LogP contribution < -0.4 is 0 Å². The summed E-state index contributed by atoms with van der Waals surface area (Å²) in [4.78, 5) is 10.5. The Bertz CT molecular complexity index is 265. The highest BCUT2D eigenvalue weighted by molar-refractivity contribution is 6.30.